The van der Waals surface area contributed by atoms with Crippen molar-refractivity contribution in [1.82, 2.24) is 0 Å². The average Bonchev–Trinajstić information content (AvgIpc) is 1.79. The maximum atomic E-state index is 12.0. The molecule has 0 aliphatic rings. The summed E-state index contributed by atoms with van der Waals surface area (Å²) < 4.78 is 40.5. The van der Waals surface area contributed by atoms with Gasteiger partial charge >= 0.3 is 12.1 Å². The molecule has 0 bridgehead atoms. The van der Waals surface area contributed by atoms with E-state index in [1.54, 1.807) is 0 Å². The number of ether oxygens (including phenoxy) is 1. The zero-order valence-corrected chi connectivity index (χ0v) is 8.03. The van der Waals surface area contributed by atoms with Gasteiger partial charge in [0, 0.05) is 0 Å². The Kier molecular flexibility index (Phi) is 3.35. The second-order valence-electron chi connectivity index (χ2n) is 3.80. The zero-order chi connectivity index (χ0) is 10.9. The van der Waals surface area contributed by atoms with E-state index in [0.29, 0.717) is 0 Å². The van der Waals surface area contributed by atoms with Crippen molar-refractivity contribution in [1.29, 1.82) is 0 Å². The number of carbonyl (C=O) groups excluding carboxylic acids is 1. The molecule has 0 fully saturated rings. The summed E-state index contributed by atoms with van der Waals surface area (Å²) in [7, 11) is 0. The van der Waals surface area contributed by atoms with Crippen LogP contribution in [-0.2, 0) is 9.53 Å². The first-order valence-electron chi connectivity index (χ1n) is 3.83. The summed E-state index contributed by atoms with van der Waals surface area (Å²) in [5, 5.41) is 0. The summed E-state index contributed by atoms with van der Waals surface area (Å²) in [5.74, 6) is -3.30. The molecule has 0 saturated carbocycles. The first-order valence-corrected chi connectivity index (χ1v) is 3.83. The van der Waals surface area contributed by atoms with Crippen molar-refractivity contribution in [2.75, 3.05) is 0 Å². The summed E-state index contributed by atoms with van der Waals surface area (Å²) >= 11 is 0. The van der Waals surface area contributed by atoms with E-state index >= 15 is 0 Å². The van der Waals surface area contributed by atoms with Crippen LogP contribution in [0.4, 0.5) is 13.2 Å². The summed E-state index contributed by atoms with van der Waals surface area (Å²) in [6.07, 6.45) is -4.53. The third-order valence-corrected chi connectivity index (χ3v) is 1.25. The Balaban J connectivity index is 4.30. The van der Waals surface area contributed by atoms with Gasteiger partial charge in [-0.25, -0.2) is 0 Å². The Hall–Kier alpha value is -0.740. The molecule has 0 spiro atoms. The van der Waals surface area contributed by atoms with Crippen LogP contribution in [0.5, 0.6) is 0 Å². The van der Waals surface area contributed by atoms with E-state index in [4.69, 9.17) is 0 Å². The van der Waals surface area contributed by atoms with Crippen LogP contribution in [0.2, 0.25) is 0 Å². The lowest BCUT2D eigenvalue weighted by atomic mass is 10.1. The smallest absolute Gasteiger partial charge is 0.401 e. The molecule has 0 amide bonds. The summed E-state index contributed by atoms with van der Waals surface area (Å²) in [5.41, 5.74) is -0.878. The summed E-state index contributed by atoms with van der Waals surface area (Å²) in [4.78, 5) is 10.9. The third-order valence-electron chi connectivity index (χ3n) is 1.25. The van der Waals surface area contributed by atoms with Gasteiger partial charge in [-0.2, -0.15) is 13.2 Å². The van der Waals surface area contributed by atoms with Gasteiger partial charge in [0.1, 0.15) is 11.5 Å². The van der Waals surface area contributed by atoms with Crippen LogP contribution in [0.3, 0.4) is 0 Å². The second kappa shape index (κ2) is 3.55. The van der Waals surface area contributed by atoms with Gasteiger partial charge < -0.3 is 4.74 Å². The minimum atomic E-state index is -4.53. The Morgan fingerprint density at radius 1 is 1.23 bits per heavy atom. The van der Waals surface area contributed by atoms with E-state index in [0.717, 1.165) is 6.92 Å². The lowest BCUT2D eigenvalue weighted by molar-refractivity contribution is -0.201. The van der Waals surface area contributed by atoms with Crippen LogP contribution in [-0.4, -0.2) is 17.7 Å². The number of esters is 1. The van der Waals surface area contributed by atoms with Crippen LogP contribution < -0.4 is 0 Å². The van der Waals surface area contributed by atoms with E-state index in [1.807, 2.05) is 0 Å². The standard InChI is InChI=1S/C8H13F3O2/c1-5(8(9,10)11)6(12)13-7(2,3)4/h5H,1-4H3. The number of alkyl halides is 3. The zero-order valence-electron chi connectivity index (χ0n) is 8.03. The highest BCUT2D eigenvalue weighted by Crippen LogP contribution is 2.27. The Morgan fingerprint density at radius 2 is 1.62 bits per heavy atom. The summed E-state index contributed by atoms with van der Waals surface area (Å²) in [6.45, 7) is 5.35. The van der Waals surface area contributed by atoms with E-state index in [1.165, 1.54) is 20.8 Å². The fraction of sp³-hybridized carbons (Fsp3) is 0.875. The lowest BCUT2D eigenvalue weighted by Crippen LogP contribution is -2.34. The minimum absolute atomic E-state index is 0.786. The monoisotopic (exact) mass is 198 g/mol. The van der Waals surface area contributed by atoms with Crippen LogP contribution >= 0.6 is 0 Å². The van der Waals surface area contributed by atoms with Crippen molar-refractivity contribution in [3.8, 4) is 0 Å². The largest absolute Gasteiger partial charge is 0.460 e. The van der Waals surface area contributed by atoms with Gasteiger partial charge in [0.15, 0.2) is 0 Å². The van der Waals surface area contributed by atoms with E-state index in [-0.39, 0.29) is 0 Å². The lowest BCUT2D eigenvalue weighted by Gasteiger charge is -2.23. The average molecular weight is 198 g/mol. The van der Waals surface area contributed by atoms with E-state index in [9.17, 15) is 18.0 Å². The molecule has 1 unspecified atom stereocenters. The molecule has 0 aromatic heterocycles. The number of carbonyl (C=O) groups is 1. The highest BCUT2D eigenvalue weighted by atomic mass is 19.4. The molecule has 0 aromatic carbocycles. The maximum Gasteiger partial charge on any atom is 0.401 e. The van der Waals surface area contributed by atoms with Gasteiger partial charge in [0.2, 0.25) is 0 Å². The molecule has 0 aliphatic heterocycles. The normalized spacial score (nSPS) is 15.3. The number of hydrogen-bond donors (Lipinski definition) is 0. The molecule has 0 N–H and O–H groups in total. The van der Waals surface area contributed by atoms with Crippen LogP contribution in [0.15, 0.2) is 0 Å². The Morgan fingerprint density at radius 3 is 1.85 bits per heavy atom. The van der Waals surface area contributed by atoms with Crippen molar-refractivity contribution in [3.63, 3.8) is 0 Å². The van der Waals surface area contributed by atoms with Crippen LogP contribution in [0, 0.1) is 5.92 Å². The van der Waals surface area contributed by atoms with Gasteiger partial charge in [-0.1, -0.05) is 0 Å². The van der Waals surface area contributed by atoms with Crippen LogP contribution in [0.1, 0.15) is 27.7 Å². The maximum absolute atomic E-state index is 12.0. The molecule has 13 heavy (non-hydrogen) atoms. The molecule has 0 aromatic rings. The number of halogens is 3. The molecule has 1 atom stereocenters. The number of rotatable bonds is 1. The quantitative estimate of drug-likeness (QED) is 0.605. The van der Waals surface area contributed by atoms with Crippen molar-refractivity contribution in [2.45, 2.75) is 39.5 Å². The first-order chi connectivity index (χ1) is 5.54. The molecule has 0 rings (SSSR count). The Bertz CT molecular complexity index is 191. The fourth-order valence-corrected chi connectivity index (χ4v) is 0.524. The van der Waals surface area contributed by atoms with Gasteiger partial charge in [-0.3, -0.25) is 4.79 Å². The van der Waals surface area contributed by atoms with E-state index in [2.05, 4.69) is 4.74 Å². The first kappa shape index (κ1) is 12.3. The molecule has 0 heterocycles. The van der Waals surface area contributed by atoms with Crippen LogP contribution in [0.25, 0.3) is 0 Å². The highest BCUT2D eigenvalue weighted by molar-refractivity contribution is 5.73. The van der Waals surface area contributed by atoms with Crippen molar-refractivity contribution in [2.24, 2.45) is 5.92 Å². The fourth-order valence-electron chi connectivity index (χ4n) is 0.524. The molecule has 5 heteroatoms. The SMILES string of the molecule is CC(C(=O)OC(C)(C)C)C(F)(F)F. The second-order valence-corrected chi connectivity index (χ2v) is 3.80. The molecule has 0 saturated heterocycles. The molecule has 78 valence electrons. The predicted octanol–water partition coefficient (Wildman–Crippen LogP) is 2.53. The minimum Gasteiger partial charge on any atom is -0.460 e. The van der Waals surface area contributed by atoms with Crippen molar-refractivity contribution >= 4 is 5.97 Å². The molecular weight excluding hydrogens is 185 g/mol. The number of hydrogen-bond acceptors (Lipinski definition) is 2. The van der Waals surface area contributed by atoms with E-state index < -0.39 is 23.7 Å². The third kappa shape index (κ3) is 4.75. The highest BCUT2D eigenvalue weighted by Gasteiger charge is 2.43. The summed E-state index contributed by atoms with van der Waals surface area (Å²) in [6, 6.07) is 0. The van der Waals surface area contributed by atoms with Gasteiger partial charge in [-0.05, 0) is 27.7 Å². The van der Waals surface area contributed by atoms with Gasteiger partial charge in [0.05, 0.1) is 0 Å². The van der Waals surface area contributed by atoms with Gasteiger partial charge in [-0.15, -0.1) is 0 Å². The molecule has 0 aliphatic carbocycles. The topological polar surface area (TPSA) is 26.3 Å². The van der Waals surface area contributed by atoms with Crippen molar-refractivity contribution < 1.29 is 22.7 Å². The molecule has 2 nitrogen and oxygen atoms in total. The van der Waals surface area contributed by atoms with Gasteiger partial charge in [0.25, 0.3) is 0 Å². The predicted molar refractivity (Wildman–Crippen MR) is 41.1 cm³/mol. The molecule has 0 radical (unpaired) electrons. The van der Waals surface area contributed by atoms with Crippen molar-refractivity contribution in [3.05, 3.63) is 0 Å². The molecular formula is C8H13F3O2. The Labute approximate surface area is 75.1 Å².